The van der Waals surface area contributed by atoms with E-state index < -0.39 is 0 Å². The topological polar surface area (TPSA) is 79.9 Å². The Morgan fingerprint density at radius 2 is 2.14 bits per heavy atom. The van der Waals surface area contributed by atoms with Gasteiger partial charge in [-0.25, -0.2) is 9.97 Å². The molecular formula is C20H18N4O2S2. The number of thioether (sulfide) groups is 1. The molecule has 0 aliphatic rings. The van der Waals surface area contributed by atoms with Crippen molar-refractivity contribution < 1.29 is 9.53 Å². The molecule has 0 spiro atoms. The molecule has 0 aliphatic carbocycles. The number of hydrogen-bond acceptors (Lipinski definition) is 6. The number of nitrogens with zero attached hydrogens (tertiary/aromatic N) is 2. The van der Waals surface area contributed by atoms with Gasteiger partial charge >= 0.3 is 0 Å². The molecule has 6 nitrogen and oxygen atoms in total. The molecule has 1 amide bonds. The summed E-state index contributed by atoms with van der Waals surface area (Å²) < 4.78 is 5.22. The molecule has 2 aromatic heterocycles. The van der Waals surface area contributed by atoms with Gasteiger partial charge in [0, 0.05) is 22.7 Å². The van der Waals surface area contributed by atoms with Crippen LogP contribution in [0.25, 0.3) is 22.3 Å². The van der Waals surface area contributed by atoms with E-state index in [1.807, 2.05) is 54.8 Å². The van der Waals surface area contributed by atoms with Gasteiger partial charge in [-0.3, -0.25) is 4.79 Å². The number of hydrogen-bond donors (Lipinski definition) is 2. The monoisotopic (exact) mass is 410 g/mol. The number of aryl methyl sites for hydroxylation is 1. The molecule has 0 atom stereocenters. The summed E-state index contributed by atoms with van der Waals surface area (Å²) in [5, 5.41) is 6.67. The average molecular weight is 411 g/mol. The lowest BCUT2D eigenvalue weighted by molar-refractivity contribution is -0.113. The van der Waals surface area contributed by atoms with Crippen molar-refractivity contribution in [2.24, 2.45) is 0 Å². The SMILES string of the molecule is COc1ccc2nc(SCC(=O)Nc3cccc(-c4csc(C)n4)c3)[nH]c2c1. The summed E-state index contributed by atoms with van der Waals surface area (Å²) in [7, 11) is 1.63. The molecule has 2 N–H and O–H groups in total. The van der Waals surface area contributed by atoms with Gasteiger partial charge in [0.1, 0.15) is 5.75 Å². The third-order valence-corrected chi connectivity index (χ3v) is 5.72. The predicted octanol–water partition coefficient (Wildman–Crippen LogP) is 4.73. The number of anilines is 1. The molecule has 0 saturated carbocycles. The Hall–Kier alpha value is -2.84. The first-order chi connectivity index (χ1) is 13.6. The second-order valence-electron chi connectivity index (χ2n) is 6.09. The van der Waals surface area contributed by atoms with Crippen LogP contribution in [0.3, 0.4) is 0 Å². The Balaban J connectivity index is 1.39. The molecule has 0 unspecified atom stereocenters. The molecule has 4 rings (SSSR count). The molecule has 8 heteroatoms. The molecule has 4 aromatic rings. The number of rotatable bonds is 6. The lowest BCUT2D eigenvalue weighted by atomic mass is 10.1. The normalized spacial score (nSPS) is 10.9. The van der Waals surface area contributed by atoms with E-state index in [1.54, 1.807) is 18.4 Å². The van der Waals surface area contributed by atoms with Crippen LogP contribution in [0.1, 0.15) is 5.01 Å². The number of thiazole rings is 1. The van der Waals surface area contributed by atoms with Crippen molar-refractivity contribution in [3.8, 4) is 17.0 Å². The lowest BCUT2D eigenvalue weighted by Crippen LogP contribution is -2.14. The molecule has 2 heterocycles. The Labute approximate surface area is 170 Å². The van der Waals surface area contributed by atoms with Crippen molar-refractivity contribution in [2.45, 2.75) is 12.1 Å². The summed E-state index contributed by atoms with van der Waals surface area (Å²) in [4.78, 5) is 24.5. The minimum Gasteiger partial charge on any atom is -0.497 e. The molecule has 0 fully saturated rings. The fraction of sp³-hybridized carbons (Fsp3) is 0.150. The van der Waals surface area contributed by atoms with Crippen LogP contribution in [0, 0.1) is 6.92 Å². The van der Waals surface area contributed by atoms with E-state index in [1.165, 1.54) is 11.8 Å². The number of imidazole rings is 1. The zero-order chi connectivity index (χ0) is 19.5. The van der Waals surface area contributed by atoms with Crippen LogP contribution in [-0.4, -0.2) is 33.7 Å². The second kappa shape index (κ2) is 8.04. The zero-order valence-electron chi connectivity index (χ0n) is 15.4. The molecule has 2 aromatic carbocycles. The summed E-state index contributed by atoms with van der Waals surface area (Å²) in [5.41, 5.74) is 4.39. The average Bonchev–Trinajstić information content (AvgIpc) is 3.31. The maximum Gasteiger partial charge on any atom is 0.234 e. The minimum absolute atomic E-state index is 0.0883. The summed E-state index contributed by atoms with van der Waals surface area (Å²) in [6.45, 7) is 1.98. The summed E-state index contributed by atoms with van der Waals surface area (Å²) in [6.07, 6.45) is 0. The van der Waals surface area contributed by atoms with Crippen molar-refractivity contribution in [1.82, 2.24) is 15.0 Å². The maximum atomic E-state index is 12.3. The second-order valence-corrected chi connectivity index (χ2v) is 8.12. The molecule has 28 heavy (non-hydrogen) atoms. The van der Waals surface area contributed by atoms with Gasteiger partial charge in [0.15, 0.2) is 5.16 Å². The van der Waals surface area contributed by atoms with Gasteiger partial charge in [-0.15, -0.1) is 11.3 Å². The molecule has 0 radical (unpaired) electrons. The maximum absolute atomic E-state index is 12.3. The number of fused-ring (bicyclic) bond motifs is 1. The number of H-pyrrole nitrogens is 1. The number of benzene rings is 2. The van der Waals surface area contributed by atoms with E-state index >= 15 is 0 Å². The summed E-state index contributed by atoms with van der Waals surface area (Å²) in [6, 6.07) is 13.4. The van der Waals surface area contributed by atoms with Crippen molar-refractivity contribution in [3.63, 3.8) is 0 Å². The van der Waals surface area contributed by atoms with Crippen molar-refractivity contribution in [1.29, 1.82) is 0 Å². The van der Waals surface area contributed by atoms with Gasteiger partial charge in [-0.2, -0.15) is 0 Å². The summed E-state index contributed by atoms with van der Waals surface area (Å²) in [5.74, 6) is 0.937. The van der Waals surface area contributed by atoms with Crippen LogP contribution in [0.5, 0.6) is 5.75 Å². The number of aromatic nitrogens is 3. The highest BCUT2D eigenvalue weighted by atomic mass is 32.2. The fourth-order valence-corrected chi connectivity index (χ4v) is 4.05. The molecule has 0 saturated heterocycles. The van der Waals surface area contributed by atoms with Gasteiger partial charge in [-0.1, -0.05) is 23.9 Å². The number of carbonyl (C=O) groups is 1. The molecular weight excluding hydrogens is 392 g/mol. The highest BCUT2D eigenvalue weighted by Crippen LogP contribution is 2.25. The minimum atomic E-state index is -0.0883. The number of methoxy groups -OCH3 is 1. The molecule has 0 bridgehead atoms. The van der Waals surface area contributed by atoms with Crippen LogP contribution in [0.4, 0.5) is 5.69 Å². The standard InChI is InChI=1S/C20H18N4O2S2/c1-12-21-18(10-27-12)13-4-3-5-14(8-13)22-19(25)11-28-20-23-16-7-6-15(26-2)9-17(16)24-20/h3-10H,11H2,1-2H3,(H,22,25)(H,23,24). The Bertz CT molecular complexity index is 1140. The number of nitrogens with one attached hydrogen (secondary N) is 2. The molecule has 0 aliphatic heterocycles. The highest BCUT2D eigenvalue weighted by Gasteiger charge is 2.09. The van der Waals surface area contributed by atoms with Crippen molar-refractivity contribution in [3.05, 3.63) is 52.9 Å². The number of ether oxygens (including phenoxy) is 1. The van der Waals surface area contributed by atoms with Crippen LogP contribution in [-0.2, 0) is 4.79 Å². The quantitative estimate of drug-likeness (QED) is 0.449. The van der Waals surface area contributed by atoms with Crippen LogP contribution in [0.15, 0.2) is 53.0 Å². The van der Waals surface area contributed by atoms with Gasteiger partial charge in [0.25, 0.3) is 0 Å². The van der Waals surface area contributed by atoms with E-state index in [4.69, 9.17) is 4.74 Å². The van der Waals surface area contributed by atoms with Gasteiger partial charge in [0.05, 0.1) is 34.6 Å². The number of aromatic amines is 1. The third kappa shape index (κ3) is 4.18. The first-order valence-corrected chi connectivity index (χ1v) is 10.5. The first-order valence-electron chi connectivity index (χ1n) is 8.60. The third-order valence-electron chi connectivity index (χ3n) is 4.07. The number of amides is 1. The van der Waals surface area contributed by atoms with E-state index in [2.05, 4.69) is 20.3 Å². The smallest absolute Gasteiger partial charge is 0.234 e. The first kappa shape index (κ1) is 18.5. The Morgan fingerprint density at radius 1 is 1.25 bits per heavy atom. The van der Waals surface area contributed by atoms with Crippen LogP contribution < -0.4 is 10.1 Å². The van der Waals surface area contributed by atoms with Gasteiger partial charge in [0.2, 0.25) is 5.91 Å². The molecule has 142 valence electrons. The van der Waals surface area contributed by atoms with Gasteiger partial charge in [-0.05, 0) is 31.2 Å². The largest absolute Gasteiger partial charge is 0.497 e. The van der Waals surface area contributed by atoms with Crippen LogP contribution in [0.2, 0.25) is 0 Å². The van der Waals surface area contributed by atoms with E-state index in [0.717, 1.165) is 38.7 Å². The van der Waals surface area contributed by atoms with Gasteiger partial charge < -0.3 is 15.0 Å². The van der Waals surface area contributed by atoms with E-state index in [-0.39, 0.29) is 11.7 Å². The van der Waals surface area contributed by atoms with Crippen molar-refractivity contribution >= 4 is 45.7 Å². The Kier molecular flexibility index (Phi) is 5.31. The number of carbonyl (C=O) groups excluding carboxylic acids is 1. The summed E-state index contributed by atoms with van der Waals surface area (Å²) >= 11 is 2.97. The lowest BCUT2D eigenvalue weighted by Gasteiger charge is -2.06. The zero-order valence-corrected chi connectivity index (χ0v) is 17.0. The van der Waals surface area contributed by atoms with E-state index in [9.17, 15) is 4.79 Å². The van der Waals surface area contributed by atoms with Crippen molar-refractivity contribution in [2.75, 3.05) is 18.2 Å². The Morgan fingerprint density at radius 3 is 2.93 bits per heavy atom. The van der Waals surface area contributed by atoms with E-state index in [0.29, 0.717) is 5.16 Å². The highest BCUT2D eigenvalue weighted by molar-refractivity contribution is 7.99. The predicted molar refractivity (Wildman–Crippen MR) is 114 cm³/mol. The van der Waals surface area contributed by atoms with Crippen LogP contribution >= 0.6 is 23.1 Å². The fourth-order valence-electron chi connectivity index (χ4n) is 2.74.